The Hall–Kier alpha value is -2.10. The predicted molar refractivity (Wildman–Crippen MR) is 81.2 cm³/mol. The number of hydrogen-bond acceptors (Lipinski definition) is 9. The van der Waals surface area contributed by atoms with Gasteiger partial charge in [-0.2, -0.15) is 0 Å². The third-order valence-electron chi connectivity index (χ3n) is 1.20. The second kappa shape index (κ2) is 20.2. The highest BCUT2D eigenvalue weighted by molar-refractivity contribution is 5.86. The number of halogens is 3. The molecule has 0 atom stereocenters. The Balaban J connectivity index is -0.000000216. The van der Waals surface area contributed by atoms with Crippen molar-refractivity contribution in [2.75, 3.05) is 0 Å². The van der Waals surface area contributed by atoms with E-state index in [2.05, 4.69) is 44.9 Å². The Kier molecular flexibility index (Phi) is 23.1. The maximum atomic E-state index is 3.56. The van der Waals surface area contributed by atoms with E-state index in [0.717, 1.165) is 0 Å². The van der Waals surface area contributed by atoms with Crippen LogP contribution in [0.4, 0.5) is 0 Å². The summed E-state index contributed by atoms with van der Waals surface area (Å²) in [5, 5.41) is 0. The van der Waals surface area contributed by atoms with E-state index in [-0.39, 0.29) is 37.2 Å². The molecule has 3 aromatic rings. The van der Waals surface area contributed by atoms with Crippen LogP contribution in [0.5, 0.6) is 0 Å². The molecular formula is C9H12Cl3N9. The molecule has 0 amide bonds. The Morgan fingerprint density at radius 1 is 0.238 bits per heavy atom. The fourth-order valence-corrected chi connectivity index (χ4v) is 0.615. The van der Waals surface area contributed by atoms with E-state index in [1.807, 2.05) is 0 Å². The van der Waals surface area contributed by atoms with Crippen molar-refractivity contribution < 1.29 is 0 Å². The van der Waals surface area contributed by atoms with Crippen LogP contribution < -0.4 is 0 Å². The second-order valence-electron chi connectivity index (χ2n) is 2.38. The average Bonchev–Trinajstić information content (AvgIpc) is 2.54. The first kappa shape index (κ1) is 24.0. The monoisotopic (exact) mass is 351 g/mol. The summed E-state index contributed by atoms with van der Waals surface area (Å²) in [6, 6.07) is 0. The largest absolute Gasteiger partial charge is 0.225 e. The molecule has 0 N–H and O–H groups in total. The lowest BCUT2D eigenvalue weighted by Crippen LogP contribution is -1.73. The number of hydrogen-bond donors (Lipinski definition) is 0. The molecule has 0 saturated carbocycles. The first-order valence-electron chi connectivity index (χ1n) is 4.65. The minimum absolute atomic E-state index is 0. The summed E-state index contributed by atoms with van der Waals surface area (Å²) in [7, 11) is 0. The molecule has 0 aliphatic rings. The molecule has 3 aromatic heterocycles. The zero-order chi connectivity index (χ0) is 12.7. The molecule has 0 unspecified atom stereocenters. The lowest BCUT2D eigenvalue weighted by atomic mass is 11.1. The van der Waals surface area contributed by atoms with Crippen LogP contribution in [0.3, 0.4) is 0 Å². The molecule has 0 fully saturated rings. The molecule has 9 nitrogen and oxygen atoms in total. The molecule has 0 aromatic carbocycles. The van der Waals surface area contributed by atoms with Crippen LogP contribution in [-0.4, -0.2) is 44.9 Å². The van der Waals surface area contributed by atoms with Gasteiger partial charge in [0.05, 0.1) is 0 Å². The third kappa shape index (κ3) is 17.9. The van der Waals surface area contributed by atoms with Crippen molar-refractivity contribution >= 4 is 37.2 Å². The van der Waals surface area contributed by atoms with Crippen molar-refractivity contribution in [3.8, 4) is 0 Å². The van der Waals surface area contributed by atoms with Crippen molar-refractivity contribution in [1.82, 2.24) is 44.9 Å². The predicted octanol–water partition coefficient (Wildman–Crippen LogP) is 0.880. The van der Waals surface area contributed by atoms with Gasteiger partial charge in [0.15, 0.2) is 0 Å². The van der Waals surface area contributed by atoms with E-state index in [9.17, 15) is 0 Å². The van der Waals surface area contributed by atoms with Gasteiger partial charge in [0.1, 0.15) is 56.9 Å². The second-order valence-corrected chi connectivity index (χ2v) is 2.38. The number of rotatable bonds is 0. The van der Waals surface area contributed by atoms with Crippen LogP contribution in [0.15, 0.2) is 56.9 Å². The summed E-state index contributed by atoms with van der Waals surface area (Å²) in [4.78, 5) is 32.1. The van der Waals surface area contributed by atoms with Crippen LogP contribution in [0.25, 0.3) is 0 Å². The lowest BCUT2D eigenvalue weighted by Gasteiger charge is -1.69. The van der Waals surface area contributed by atoms with E-state index in [1.54, 1.807) is 0 Å². The van der Waals surface area contributed by atoms with Crippen LogP contribution in [-0.2, 0) is 0 Å². The zero-order valence-electron chi connectivity index (χ0n) is 10.4. The van der Waals surface area contributed by atoms with E-state index in [1.165, 1.54) is 56.9 Å². The highest BCUT2D eigenvalue weighted by Crippen LogP contribution is 1.58. The molecular weight excluding hydrogens is 341 g/mol. The van der Waals surface area contributed by atoms with Crippen molar-refractivity contribution in [3.63, 3.8) is 0 Å². The quantitative estimate of drug-likeness (QED) is 0.581. The Bertz CT molecular complexity index is 321. The smallest absolute Gasteiger partial charge is 0.119 e. The van der Waals surface area contributed by atoms with Gasteiger partial charge < -0.3 is 0 Å². The number of nitrogens with zero attached hydrogens (tertiary/aromatic N) is 9. The van der Waals surface area contributed by atoms with Gasteiger partial charge in [-0.1, -0.05) is 0 Å². The molecule has 0 aliphatic carbocycles. The standard InChI is InChI=1S/3C3H3N3.3ClH/c3*1-4-2-6-3-5-1;;;/h3*1-3H;3*1H. The van der Waals surface area contributed by atoms with Gasteiger partial charge in [-0.25, -0.2) is 44.9 Å². The minimum atomic E-state index is 0. The Morgan fingerprint density at radius 2 is 0.333 bits per heavy atom. The molecule has 114 valence electrons. The highest BCUT2D eigenvalue weighted by atomic mass is 35.5. The van der Waals surface area contributed by atoms with Crippen molar-refractivity contribution in [3.05, 3.63) is 56.9 Å². The van der Waals surface area contributed by atoms with Gasteiger partial charge in [0.2, 0.25) is 0 Å². The molecule has 0 spiro atoms. The maximum Gasteiger partial charge on any atom is 0.119 e. The number of aromatic nitrogens is 9. The van der Waals surface area contributed by atoms with E-state index in [4.69, 9.17) is 0 Å². The van der Waals surface area contributed by atoms with Crippen molar-refractivity contribution in [1.29, 1.82) is 0 Å². The topological polar surface area (TPSA) is 116 Å². The third-order valence-corrected chi connectivity index (χ3v) is 1.20. The fraction of sp³-hybridized carbons (Fsp3) is 0. The van der Waals surface area contributed by atoms with Gasteiger partial charge in [-0.05, 0) is 0 Å². The Labute approximate surface area is 139 Å². The van der Waals surface area contributed by atoms with Gasteiger partial charge in [0, 0.05) is 0 Å². The van der Waals surface area contributed by atoms with Crippen LogP contribution in [0.1, 0.15) is 0 Å². The van der Waals surface area contributed by atoms with Gasteiger partial charge in [0.25, 0.3) is 0 Å². The van der Waals surface area contributed by atoms with Crippen LogP contribution in [0, 0.1) is 0 Å². The molecule has 21 heavy (non-hydrogen) atoms. The average molecular weight is 353 g/mol. The molecule has 0 bridgehead atoms. The first-order chi connectivity index (χ1) is 9.00. The minimum Gasteiger partial charge on any atom is -0.225 e. The summed E-state index contributed by atoms with van der Waals surface area (Å²) >= 11 is 0. The van der Waals surface area contributed by atoms with E-state index >= 15 is 0 Å². The van der Waals surface area contributed by atoms with Gasteiger partial charge >= 0.3 is 0 Å². The zero-order valence-corrected chi connectivity index (χ0v) is 12.9. The van der Waals surface area contributed by atoms with Crippen molar-refractivity contribution in [2.24, 2.45) is 0 Å². The Morgan fingerprint density at radius 3 is 0.381 bits per heavy atom. The normalized spacial score (nSPS) is 6.86. The molecule has 3 heterocycles. The molecule has 12 heteroatoms. The van der Waals surface area contributed by atoms with E-state index < -0.39 is 0 Å². The lowest BCUT2D eigenvalue weighted by molar-refractivity contribution is 1.05. The fourth-order valence-electron chi connectivity index (χ4n) is 0.615. The maximum absolute atomic E-state index is 3.56. The van der Waals surface area contributed by atoms with Gasteiger partial charge in [-0.15, -0.1) is 37.2 Å². The SMILES string of the molecule is Cl.Cl.Cl.c1ncncn1.c1ncncn1.c1ncncn1. The van der Waals surface area contributed by atoms with Crippen LogP contribution in [0.2, 0.25) is 0 Å². The summed E-state index contributed by atoms with van der Waals surface area (Å²) in [6.07, 6.45) is 12.9. The van der Waals surface area contributed by atoms with Gasteiger partial charge in [-0.3, -0.25) is 0 Å². The first-order valence-corrected chi connectivity index (χ1v) is 4.65. The summed E-state index contributed by atoms with van der Waals surface area (Å²) in [6.45, 7) is 0. The molecule has 3 rings (SSSR count). The molecule has 0 aliphatic heterocycles. The van der Waals surface area contributed by atoms with E-state index in [0.29, 0.717) is 0 Å². The summed E-state index contributed by atoms with van der Waals surface area (Å²) < 4.78 is 0. The highest BCUT2D eigenvalue weighted by Gasteiger charge is 1.60. The summed E-state index contributed by atoms with van der Waals surface area (Å²) in [5.74, 6) is 0. The van der Waals surface area contributed by atoms with Crippen molar-refractivity contribution in [2.45, 2.75) is 0 Å². The molecule has 0 radical (unpaired) electrons. The molecule has 0 saturated heterocycles. The summed E-state index contributed by atoms with van der Waals surface area (Å²) in [5.41, 5.74) is 0. The van der Waals surface area contributed by atoms with Crippen LogP contribution >= 0.6 is 37.2 Å².